The molecule has 0 aromatic carbocycles. The van der Waals surface area contributed by atoms with E-state index in [2.05, 4.69) is 0 Å². The summed E-state index contributed by atoms with van der Waals surface area (Å²) in [6, 6.07) is 0. The molecule has 0 spiro atoms. The van der Waals surface area contributed by atoms with Crippen LogP contribution in [0.5, 0.6) is 0 Å². The Balaban J connectivity index is 0. The maximum absolute atomic E-state index is 9.51. The highest BCUT2D eigenvalue weighted by molar-refractivity contribution is 5.79. The zero-order chi connectivity index (χ0) is 9.11. The number of carboxylic acids is 1. The van der Waals surface area contributed by atoms with E-state index in [1.807, 2.05) is 13.8 Å². The van der Waals surface area contributed by atoms with Gasteiger partial charge in [0.2, 0.25) is 0 Å². The van der Waals surface area contributed by atoms with Gasteiger partial charge in [-0.15, -0.1) is 0 Å². The van der Waals surface area contributed by atoms with Crippen molar-refractivity contribution in [1.29, 1.82) is 0 Å². The predicted octanol–water partition coefficient (Wildman–Crippen LogP) is 1.69. The average molecular weight is 160 g/mol. The van der Waals surface area contributed by atoms with Gasteiger partial charge in [0, 0.05) is 19.3 Å². The van der Waals surface area contributed by atoms with Crippen LogP contribution in [0.25, 0.3) is 0 Å². The van der Waals surface area contributed by atoms with Crippen LogP contribution in [0, 0.1) is 0 Å². The van der Waals surface area contributed by atoms with Crippen LogP contribution in [-0.2, 0) is 9.53 Å². The Morgan fingerprint density at radius 1 is 1.45 bits per heavy atom. The Labute approximate surface area is 67.7 Å². The Morgan fingerprint density at radius 3 is 1.91 bits per heavy atom. The highest BCUT2D eigenvalue weighted by atomic mass is 16.5. The van der Waals surface area contributed by atoms with Crippen LogP contribution >= 0.6 is 0 Å². The number of hydrogen-bond acceptors (Lipinski definition) is 2. The fourth-order valence-corrected chi connectivity index (χ4v) is 0.347. The van der Waals surface area contributed by atoms with Crippen LogP contribution in [-0.4, -0.2) is 24.3 Å². The molecular weight excluding hydrogens is 144 g/mol. The van der Waals surface area contributed by atoms with E-state index in [4.69, 9.17) is 9.84 Å². The Kier molecular flexibility index (Phi) is 13.9. The molecule has 0 heterocycles. The molecule has 0 amide bonds. The molecule has 0 radical (unpaired) electrons. The van der Waals surface area contributed by atoms with Gasteiger partial charge in [0.1, 0.15) is 0 Å². The molecule has 0 aliphatic rings. The smallest absolute Gasteiger partial charge is 0.327 e. The molecule has 0 atom stereocenters. The normalized spacial score (nSPS) is 9.00. The van der Waals surface area contributed by atoms with Crippen molar-refractivity contribution in [3.05, 3.63) is 12.2 Å². The molecule has 0 rings (SSSR count). The standard InChI is InChI=1S/C4H6O2.C4H10O/c1-2-3-4(5)6;1-3-5-4-2/h2-3H,1H3,(H,5,6);3-4H2,1-2H3/b3-2+;. The lowest BCUT2D eigenvalue weighted by Gasteiger charge is -1.86. The van der Waals surface area contributed by atoms with Crippen molar-refractivity contribution in [1.82, 2.24) is 0 Å². The molecule has 0 unspecified atom stereocenters. The second-order valence-electron chi connectivity index (χ2n) is 1.62. The minimum Gasteiger partial charge on any atom is -0.478 e. The highest BCUT2D eigenvalue weighted by Gasteiger charge is 1.76. The molecule has 3 nitrogen and oxygen atoms in total. The molecule has 1 N–H and O–H groups in total. The first kappa shape index (κ1) is 12.8. The van der Waals surface area contributed by atoms with Crippen molar-refractivity contribution in [2.24, 2.45) is 0 Å². The predicted molar refractivity (Wildman–Crippen MR) is 44.6 cm³/mol. The van der Waals surface area contributed by atoms with Crippen molar-refractivity contribution in [2.75, 3.05) is 13.2 Å². The Morgan fingerprint density at radius 2 is 1.91 bits per heavy atom. The fourth-order valence-electron chi connectivity index (χ4n) is 0.347. The van der Waals surface area contributed by atoms with Gasteiger partial charge in [0.05, 0.1) is 0 Å². The minimum absolute atomic E-state index is 0.844. The quantitative estimate of drug-likeness (QED) is 0.639. The lowest BCUT2D eigenvalue weighted by Crippen LogP contribution is -1.84. The molecule has 0 aromatic rings. The number of carboxylic acid groups (broad SMARTS) is 1. The monoisotopic (exact) mass is 160 g/mol. The minimum atomic E-state index is -0.891. The summed E-state index contributed by atoms with van der Waals surface area (Å²) in [4.78, 5) is 9.51. The molecular formula is C8H16O3. The molecule has 0 bridgehead atoms. The summed E-state index contributed by atoms with van der Waals surface area (Å²) in [7, 11) is 0. The van der Waals surface area contributed by atoms with Gasteiger partial charge in [-0.1, -0.05) is 6.08 Å². The fraction of sp³-hybridized carbons (Fsp3) is 0.625. The molecule has 0 aliphatic heterocycles. The van der Waals surface area contributed by atoms with E-state index in [9.17, 15) is 4.79 Å². The second-order valence-corrected chi connectivity index (χ2v) is 1.62. The Bertz CT molecular complexity index is 106. The van der Waals surface area contributed by atoms with Gasteiger partial charge in [-0.25, -0.2) is 4.79 Å². The van der Waals surface area contributed by atoms with E-state index in [1.165, 1.54) is 6.08 Å². The largest absolute Gasteiger partial charge is 0.478 e. The van der Waals surface area contributed by atoms with Crippen molar-refractivity contribution in [3.63, 3.8) is 0 Å². The Hall–Kier alpha value is -0.830. The lowest BCUT2D eigenvalue weighted by atomic mass is 10.5. The zero-order valence-corrected chi connectivity index (χ0v) is 7.33. The van der Waals surface area contributed by atoms with Gasteiger partial charge in [-0.3, -0.25) is 0 Å². The first-order chi connectivity index (χ1) is 5.18. The highest BCUT2D eigenvalue weighted by Crippen LogP contribution is 1.65. The van der Waals surface area contributed by atoms with Crippen LogP contribution < -0.4 is 0 Å². The number of aliphatic carboxylic acids is 1. The van der Waals surface area contributed by atoms with E-state index in [0.717, 1.165) is 19.3 Å². The van der Waals surface area contributed by atoms with E-state index in [-0.39, 0.29) is 0 Å². The number of hydrogen-bond donors (Lipinski definition) is 1. The van der Waals surface area contributed by atoms with Gasteiger partial charge in [0.15, 0.2) is 0 Å². The van der Waals surface area contributed by atoms with Gasteiger partial charge in [0.25, 0.3) is 0 Å². The summed E-state index contributed by atoms with van der Waals surface area (Å²) in [5.41, 5.74) is 0. The maximum atomic E-state index is 9.51. The van der Waals surface area contributed by atoms with Crippen LogP contribution in [0.1, 0.15) is 20.8 Å². The summed E-state index contributed by atoms with van der Waals surface area (Å²) < 4.78 is 4.83. The van der Waals surface area contributed by atoms with Gasteiger partial charge in [-0.05, 0) is 20.8 Å². The average Bonchev–Trinajstić information content (AvgIpc) is 1.90. The van der Waals surface area contributed by atoms with E-state index < -0.39 is 5.97 Å². The summed E-state index contributed by atoms with van der Waals surface area (Å²) in [6.45, 7) is 7.33. The lowest BCUT2D eigenvalue weighted by molar-refractivity contribution is -0.131. The molecule has 11 heavy (non-hydrogen) atoms. The van der Waals surface area contributed by atoms with E-state index >= 15 is 0 Å². The van der Waals surface area contributed by atoms with Crippen LogP contribution in [0.2, 0.25) is 0 Å². The zero-order valence-electron chi connectivity index (χ0n) is 7.33. The van der Waals surface area contributed by atoms with Crippen LogP contribution in [0.4, 0.5) is 0 Å². The molecule has 0 fully saturated rings. The first-order valence-electron chi connectivity index (χ1n) is 3.62. The molecule has 0 saturated carbocycles. The summed E-state index contributed by atoms with van der Waals surface area (Å²) in [6.07, 6.45) is 2.56. The van der Waals surface area contributed by atoms with Crippen LogP contribution in [0.15, 0.2) is 12.2 Å². The number of ether oxygens (including phenoxy) is 1. The van der Waals surface area contributed by atoms with Crippen molar-refractivity contribution in [3.8, 4) is 0 Å². The van der Waals surface area contributed by atoms with E-state index in [0.29, 0.717) is 0 Å². The van der Waals surface area contributed by atoms with Gasteiger partial charge in [-0.2, -0.15) is 0 Å². The molecule has 0 saturated heterocycles. The van der Waals surface area contributed by atoms with Crippen LogP contribution in [0.3, 0.4) is 0 Å². The number of carbonyl (C=O) groups is 1. The van der Waals surface area contributed by atoms with Gasteiger partial charge >= 0.3 is 5.97 Å². The molecule has 0 aromatic heterocycles. The summed E-state index contributed by atoms with van der Waals surface area (Å²) in [5, 5.41) is 7.83. The topological polar surface area (TPSA) is 46.5 Å². The first-order valence-corrected chi connectivity index (χ1v) is 3.62. The third kappa shape index (κ3) is 27.1. The van der Waals surface area contributed by atoms with Crippen molar-refractivity contribution >= 4 is 5.97 Å². The van der Waals surface area contributed by atoms with E-state index in [1.54, 1.807) is 6.92 Å². The number of rotatable bonds is 3. The van der Waals surface area contributed by atoms with Crippen molar-refractivity contribution in [2.45, 2.75) is 20.8 Å². The third-order valence-electron chi connectivity index (χ3n) is 0.717. The molecule has 3 heteroatoms. The summed E-state index contributed by atoms with van der Waals surface area (Å²) in [5.74, 6) is -0.891. The molecule has 0 aliphatic carbocycles. The SMILES string of the molecule is C/C=C/C(=O)O.CCOCC. The number of allylic oxidation sites excluding steroid dienone is 1. The molecule has 66 valence electrons. The van der Waals surface area contributed by atoms with Crippen molar-refractivity contribution < 1.29 is 14.6 Å². The second kappa shape index (κ2) is 11.9. The van der Waals surface area contributed by atoms with Gasteiger partial charge < -0.3 is 9.84 Å². The third-order valence-corrected chi connectivity index (χ3v) is 0.717. The maximum Gasteiger partial charge on any atom is 0.327 e. The summed E-state index contributed by atoms with van der Waals surface area (Å²) >= 11 is 0.